The SMILES string of the molecule is Cc1ccc(C(Cc2ccccn2)NN)cc1Br. The number of hydrogen-bond donors (Lipinski definition) is 2. The van der Waals surface area contributed by atoms with Crippen LogP contribution in [0, 0.1) is 6.92 Å². The predicted molar refractivity (Wildman–Crippen MR) is 76.9 cm³/mol. The van der Waals surface area contributed by atoms with E-state index < -0.39 is 0 Å². The van der Waals surface area contributed by atoms with E-state index in [9.17, 15) is 0 Å². The molecule has 0 spiro atoms. The van der Waals surface area contributed by atoms with Crippen LogP contribution in [0.5, 0.6) is 0 Å². The second kappa shape index (κ2) is 6.09. The Kier molecular flexibility index (Phi) is 4.47. The molecule has 4 heteroatoms. The van der Waals surface area contributed by atoms with E-state index in [1.807, 2.05) is 18.2 Å². The highest BCUT2D eigenvalue weighted by Gasteiger charge is 2.12. The first-order valence-corrected chi connectivity index (χ1v) is 6.62. The molecule has 2 rings (SSSR count). The maximum absolute atomic E-state index is 5.65. The normalized spacial score (nSPS) is 12.4. The first-order chi connectivity index (χ1) is 8.70. The van der Waals surface area contributed by atoms with Crippen molar-refractivity contribution >= 4 is 15.9 Å². The highest BCUT2D eigenvalue weighted by Crippen LogP contribution is 2.23. The van der Waals surface area contributed by atoms with E-state index >= 15 is 0 Å². The molecule has 1 unspecified atom stereocenters. The van der Waals surface area contributed by atoms with Gasteiger partial charge in [-0.3, -0.25) is 16.3 Å². The zero-order valence-corrected chi connectivity index (χ0v) is 11.8. The van der Waals surface area contributed by atoms with Gasteiger partial charge < -0.3 is 0 Å². The smallest absolute Gasteiger partial charge is 0.0515 e. The van der Waals surface area contributed by atoms with Gasteiger partial charge in [-0.25, -0.2) is 0 Å². The molecule has 2 aromatic rings. The van der Waals surface area contributed by atoms with Crippen molar-refractivity contribution in [3.63, 3.8) is 0 Å². The Morgan fingerprint density at radius 1 is 1.33 bits per heavy atom. The Labute approximate surface area is 116 Å². The Balaban J connectivity index is 2.20. The van der Waals surface area contributed by atoms with Crippen LogP contribution in [0.25, 0.3) is 0 Å². The maximum atomic E-state index is 5.65. The Bertz CT molecular complexity index is 514. The molecule has 1 aromatic heterocycles. The third kappa shape index (κ3) is 3.16. The summed E-state index contributed by atoms with van der Waals surface area (Å²) in [5, 5.41) is 0. The number of aryl methyl sites for hydroxylation is 1. The second-order valence-corrected chi connectivity index (χ2v) is 5.11. The summed E-state index contributed by atoms with van der Waals surface area (Å²) >= 11 is 3.54. The number of hydrogen-bond acceptors (Lipinski definition) is 3. The lowest BCUT2D eigenvalue weighted by Gasteiger charge is -2.16. The largest absolute Gasteiger partial charge is 0.271 e. The van der Waals surface area contributed by atoms with E-state index in [0.717, 1.165) is 22.2 Å². The summed E-state index contributed by atoms with van der Waals surface area (Å²) < 4.78 is 1.10. The Morgan fingerprint density at radius 2 is 2.17 bits per heavy atom. The van der Waals surface area contributed by atoms with Gasteiger partial charge in [0.15, 0.2) is 0 Å². The van der Waals surface area contributed by atoms with Gasteiger partial charge in [0, 0.05) is 22.8 Å². The first-order valence-electron chi connectivity index (χ1n) is 5.83. The number of hydrazine groups is 1. The van der Waals surface area contributed by atoms with Gasteiger partial charge in [0.25, 0.3) is 0 Å². The van der Waals surface area contributed by atoms with Crippen molar-refractivity contribution in [2.45, 2.75) is 19.4 Å². The van der Waals surface area contributed by atoms with Gasteiger partial charge in [-0.1, -0.05) is 34.1 Å². The molecular formula is C14H16BrN3. The number of benzene rings is 1. The molecule has 0 saturated carbocycles. The number of rotatable bonds is 4. The second-order valence-electron chi connectivity index (χ2n) is 4.25. The molecule has 0 amide bonds. The minimum atomic E-state index is 0.0665. The molecule has 3 N–H and O–H groups in total. The minimum absolute atomic E-state index is 0.0665. The Hall–Kier alpha value is -1.23. The molecular weight excluding hydrogens is 290 g/mol. The molecule has 0 aliphatic heterocycles. The lowest BCUT2D eigenvalue weighted by Crippen LogP contribution is -2.29. The molecule has 1 atom stereocenters. The van der Waals surface area contributed by atoms with E-state index in [4.69, 9.17) is 5.84 Å². The van der Waals surface area contributed by atoms with Gasteiger partial charge >= 0.3 is 0 Å². The monoisotopic (exact) mass is 305 g/mol. The van der Waals surface area contributed by atoms with E-state index in [-0.39, 0.29) is 6.04 Å². The molecule has 3 nitrogen and oxygen atoms in total. The van der Waals surface area contributed by atoms with Crippen molar-refractivity contribution < 1.29 is 0 Å². The number of nitrogens with zero attached hydrogens (tertiary/aromatic N) is 1. The van der Waals surface area contributed by atoms with Crippen LogP contribution in [-0.2, 0) is 6.42 Å². The van der Waals surface area contributed by atoms with Gasteiger partial charge in [0.2, 0.25) is 0 Å². The molecule has 0 bridgehead atoms. The topological polar surface area (TPSA) is 50.9 Å². The minimum Gasteiger partial charge on any atom is -0.271 e. The summed E-state index contributed by atoms with van der Waals surface area (Å²) in [5.41, 5.74) is 6.25. The molecule has 0 aliphatic carbocycles. The molecule has 0 radical (unpaired) electrons. The average Bonchev–Trinajstić information content (AvgIpc) is 2.40. The van der Waals surface area contributed by atoms with Gasteiger partial charge in [0.05, 0.1) is 6.04 Å². The number of nitrogens with two attached hydrogens (primary N) is 1. The van der Waals surface area contributed by atoms with Crippen molar-refractivity contribution in [1.82, 2.24) is 10.4 Å². The zero-order chi connectivity index (χ0) is 13.0. The van der Waals surface area contributed by atoms with E-state index in [2.05, 4.69) is 51.5 Å². The van der Waals surface area contributed by atoms with E-state index in [1.54, 1.807) is 6.20 Å². The number of nitrogens with one attached hydrogen (secondary N) is 1. The van der Waals surface area contributed by atoms with Crippen LogP contribution in [0.3, 0.4) is 0 Å². The van der Waals surface area contributed by atoms with Crippen molar-refractivity contribution in [1.29, 1.82) is 0 Å². The van der Waals surface area contributed by atoms with Crippen LogP contribution >= 0.6 is 15.9 Å². The van der Waals surface area contributed by atoms with Crippen molar-refractivity contribution in [3.05, 3.63) is 63.9 Å². The summed E-state index contributed by atoms with van der Waals surface area (Å²) in [4.78, 5) is 4.32. The summed E-state index contributed by atoms with van der Waals surface area (Å²) in [6, 6.07) is 12.3. The molecule has 1 aromatic carbocycles. The lowest BCUT2D eigenvalue weighted by atomic mass is 10.0. The third-order valence-corrected chi connectivity index (χ3v) is 3.79. The molecule has 0 aliphatic rings. The molecule has 0 fully saturated rings. The van der Waals surface area contributed by atoms with Gasteiger partial charge in [-0.15, -0.1) is 0 Å². The van der Waals surface area contributed by atoms with Gasteiger partial charge in [-0.05, 0) is 36.2 Å². The van der Waals surface area contributed by atoms with Crippen molar-refractivity contribution in [2.24, 2.45) is 5.84 Å². The van der Waals surface area contributed by atoms with Crippen molar-refractivity contribution in [3.8, 4) is 0 Å². The molecule has 1 heterocycles. The molecule has 94 valence electrons. The summed E-state index contributed by atoms with van der Waals surface area (Å²) in [5.74, 6) is 5.65. The number of halogens is 1. The van der Waals surface area contributed by atoms with Crippen LogP contribution < -0.4 is 11.3 Å². The highest BCUT2D eigenvalue weighted by atomic mass is 79.9. The van der Waals surface area contributed by atoms with Gasteiger partial charge in [0.1, 0.15) is 0 Å². The first kappa shape index (κ1) is 13.2. The predicted octanol–water partition coefficient (Wildman–Crippen LogP) is 2.90. The van der Waals surface area contributed by atoms with Crippen LogP contribution in [0.4, 0.5) is 0 Å². The van der Waals surface area contributed by atoms with Crippen LogP contribution in [-0.4, -0.2) is 4.98 Å². The summed E-state index contributed by atoms with van der Waals surface area (Å²) in [6.07, 6.45) is 2.57. The standard InChI is InChI=1S/C14H16BrN3/c1-10-5-6-11(8-13(10)15)14(18-16)9-12-4-2-3-7-17-12/h2-8,14,18H,9,16H2,1H3. The number of pyridine rings is 1. The fourth-order valence-electron chi connectivity index (χ4n) is 1.83. The Morgan fingerprint density at radius 3 is 2.78 bits per heavy atom. The van der Waals surface area contributed by atoms with Crippen LogP contribution in [0.1, 0.15) is 22.9 Å². The third-order valence-electron chi connectivity index (χ3n) is 2.94. The fourth-order valence-corrected chi connectivity index (χ4v) is 2.22. The average molecular weight is 306 g/mol. The van der Waals surface area contributed by atoms with Crippen LogP contribution in [0.2, 0.25) is 0 Å². The number of aromatic nitrogens is 1. The summed E-state index contributed by atoms with van der Waals surface area (Å²) in [6.45, 7) is 2.07. The zero-order valence-electron chi connectivity index (χ0n) is 10.2. The molecule has 0 saturated heterocycles. The maximum Gasteiger partial charge on any atom is 0.0515 e. The fraction of sp³-hybridized carbons (Fsp3) is 0.214. The van der Waals surface area contributed by atoms with Gasteiger partial charge in [-0.2, -0.15) is 0 Å². The van der Waals surface area contributed by atoms with E-state index in [0.29, 0.717) is 0 Å². The summed E-state index contributed by atoms with van der Waals surface area (Å²) in [7, 11) is 0. The molecule has 18 heavy (non-hydrogen) atoms. The lowest BCUT2D eigenvalue weighted by molar-refractivity contribution is 0.545. The van der Waals surface area contributed by atoms with Crippen molar-refractivity contribution in [2.75, 3.05) is 0 Å². The van der Waals surface area contributed by atoms with E-state index in [1.165, 1.54) is 5.56 Å². The quantitative estimate of drug-likeness (QED) is 0.674. The van der Waals surface area contributed by atoms with Crippen LogP contribution in [0.15, 0.2) is 47.1 Å². The highest BCUT2D eigenvalue weighted by molar-refractivity contribution is 9.10.